The molecule has 6 nitrogen and oxygen atoms in total. The number of hydrogen-bond donors (Lipinski definition) is 2. The first kappa shape index (κ1) is 17.2. The second-order valence-corrected chi connectivity index (χ2v) is 6.74. The first-order valence-corrected chi connectivity index (χ1v) is 8.90. The first-order valence-electron chi connectivity index (χ1n) is 8.49. The van der Waals surface area contributed by atoms with Crippen LogP contribution in [0.25, 0.3) is 10.9 Å². The third-order valence-electron chi connectivity index (χ3n) is 4.70. The van der Waals surface area contributed by atoms with E-state index in [0.717, 1.165) is 27.9 Å². The van der Waals surface area contributed by atoms with Gasteiger partial charge >= 0.3 is 0 Å². The Hall–Kier alpha value is -3.19. The van der Waals surface area contributed by atoms with Gasteiger partial charge in [-0.2, -0.15) is 5.10 Å². The summed E-state index contributed by atoms with van der Waals surface area (Å²) in [5.74, 6) is 0.770. The third-order valence-corrected chi connectivity index (χ3v) is 4.89. The summed E-state index contributed by atoms with van der Waals surface area (Å²) in [6.07, 6.45) is 0.533. The summed E-state index contributed by atoms with van der Waals surface area (Å²) in [5, 5.41) is 7.22. The summed E-state index contributed by atoms with van der Waals surface area (Å²) in [6.45, 7) is 0. The molecular weight excluding hydrogens is 360 g/mol. The van der Waals surface area contributed by atoms with E-state index in [-0.39, 0.29) is 16.7 Å². The van der Waals surface area contributed by atoms with Crippen LogP contribution in [0.3, 0.4) is 0 Å². The lowest BCUT2D eigenvalue weighted by Gasteiger charge is -2.21. The van der Waals surface area contributed by atoms with Crippen LogP contribution in [0, 0.1) is 0 Å². The van der Waals surface area contributed by atoms with Crippen molar-refractivity contribution in [1.82, 2.24) is 9.99 Å². The number of rotatable bonds is 3. The molecule has 4 rings (SSSR count). The normalized spacial score (nSPS) is 16.4. The molecule has 7 heteroatoms. The number of H-pyrrole nitrogens is 1. The van der Waals surface area contributed by atoms with Crippen molar-refractivity contribution in [2.24, 2.45) is 10.8 Å². The second-order valence-electron chi connectivity index (χ2n) is 6.32. The number of methoxy groups -OCH3 is 1. The van der Waals surface area contributed by atoms with Crippen LogP contribution in [0.5, 0.6) is 5.75 Å². The Kier molecular flexibility index (Phi) is 4.37. The van der Waals surface area contributed by atoms with Crippen molar-refractivity contribution in [3.05, 3.63) is 76.1 Å². The Bertz CT molecular complexity index is 1100. The smallest absolute Gasteiger partial charge is 0.253 e. The van der Waals surface area contributed by atoms with E-state index in [0.29, 0.717) is 12.0 Å². The van der Waals surface area contributed by atoms with Crippen molar-refractivity contribution in [3.63, 3.8) is 0 Å². The van der Waals surface area contributed by atoms with E-state index in [1.807, 2.05) is 54.6 Å². The quantitative estimate of drug-likeness (QED) is 0.685. The molecule has 136 valence electrons. The number of pyridine rings is 1. The van der Waals surface area contributed by atoms with Crippen molar-refractivity contribution < 1.29 is 4.74 Å². The molecule has 27 heavy (non-hydrogen) atoms. The van der Waals surface area contributed by atoms with Crippen LogP contribution in [-0.4, -0.2) is 27.9 Å². The van der Waals surface area contributed by atoms with E-state index in [4.69, 9.17) is 22.7 Å². The van der Waals surface area contributed by atoms with E-state index in [1.54, 1.807) is 12.1 Å². The van der Waals surface area contributed by atoms with Crippen LogP contribution in [0.15, 0.2) is 64.5 Å². The van der Waals surface area contributed by atoms with Crippen LogP contribution in [-0.2, 0) is 0 Å². The zero-order chi connectivity index (χ0) is 19.0. The zero-order valence-electron chi connectivity index (χ0n) is 14.7. The van der Waals surface area contributed by atoms with Gasteiger partial charge in [0.25, 0.3) is 5.56 Å². The number of ether oxygens (including phenoxy) is 1. The molecule has 0 radical (unpaired) electrons. The van der Waals surface area contributed by atoms with Crippen molar-refractivity contribution in [1.29, 1.82) is 0 Å². The van der Waals surface area contributed by atoms with Crippen LogP contribution in [0.2, 0.25) is 0 Å². The molecule has 2 aromatic carbocycles. The summed E-state index contributed by atoms with van der Waals surface area (Å²) in [5.41, 5.74) is 8.88. The van der Waals surface area contributed by atoms with Crippen molar-refractivity contribution in [3.8, 4) is 5.75 Å². The summed E-state index contributed by atoms with van der Waals surface area (Å²) < 4.78 is 5.20. The highest BCUT2D eigenvalue weighted by atomic mass is 32.1. The monoisotopic (exact) mass is 378 g/mol. The average molecular weight is 378 g/mol. The molecule has 0 amide bonds. The lowest BCUT2D eigenvalue weighted by atomic mass is 9.98. The molecule has 0 bridgehead atoms. The number of hydrogen-bond acceptors (Lipinski definition) is 4. The van der Waals surface area contributed by atoms with Gasteiger partial charge in [-0.1, -0.05) is 18.2 Å². The second kappa shape index (κ2) is 6.85. The molecule has 0 fully saturated rings. The lowest BCUT2D eigenvalue weighted by molar-refractivity contribution is 0.370. The van der Waals surface area contributed by atoms with Gasteiger partial charge in [-0.05, 0) is 59.6 Å². The fourth-order valence-corrected chi connectivity index (χ4v) is 3.49. The molecule has 1 aliphatic heterocycles. The minimum absolute atomic E-state index is 0.135. The molecule has 1 aromatic heterocycles. The van der Waals surface area contributed by atoms with Crippen LogP contribution in [0.4, 0.5) is 0 Å². The summed E-state index contributed by atoms with van der Waals surface area (Å²) >= 11 is 5.18. The lowest BCUT2D eigenvalue weighted by Crippen LogP contribution is -2.34. The maximum absolute atomic E-state index is 12.7. The molecule has 1 aliphatic rings. The Morgan fingerprint density at radius 1 is 1.26 bits per heavy atom. The highest BCUT2D eigenvalue weighted by Crippen LogP contribution is 2.32. The largest absolute Gasteiger partial charge is 0.497 e. The predicted octanol–water partition coefficient (Wildman–Crippen LogP) is 2.93. The Labute approximate surface area is 161 Å². The van der Waals surface area contributed by atoms with E-state index < -0.39 is 0 Å². The van der Waals surface area contributed by atoms with Gasteiger partial charge in [0.2, 0.25) is 0 Å². The number of nitrogens with two attached hydrogens (primary N) is 1. The highest BCUT2D eigenvalue weighted by Gasteiger charge is 2.32. The summed E-state index contributed by atoms with van der Waals surface area (Å²) in [6, 6.07) is 16.8. The van der Waals surface area contributed by atoms with Gasteiger partial charge in [-0.25, -0.2) is 5.01 Å². The number of nitrogens with one attached hydrogen (secondary N) is 1. The zero-order valence-corrected chi connectivity index (χ0v) is 15.5. The minimum Gasteiger partial charge on any atom is -0.497 e. The van der Waals surface area contributed by atoms with Crippen LogP contribution < -0.4 is 16.0 Å². The van der Waals surface area contributed by atoms with E-state index >= 15 is 0 Å². The van der Waals surface area contributed by atoms with Crippen molar-refractivity contribution >= 4 is 33.9 Å². The molecule has 0 aliphatic carbocycles. The van der Waals surface area contributed by atoms with Gasteiger partial charge in [0, 0.05) is 17.5 Å². The number of thiocarbonyl (C=S) groups is 1. The van der Waals surface area contributed by atoms with E-state index in [2.05, 4.69) is 10.1 Å². The van der Waals surface area contributed by atoms with Gasteiger partial charge in [0.05, 0.1) is 18.9 Å². The summed E-state index contributed by atoms with van der Waals surface area (Å²) in [4.78, 5) is 15.6. The van der Waals surface area contributed by atoms with Gasteiger partial charge in [-0.3, -0.25) is 4.79 Å². The SMILES string of the molecule is COc1ccc(C2=NN(C(N)=S)C(c3cc4ccccc4[nH]c3=O)C2)cc1. The third kappa shape index (κ3) is 3.17. The van der Waals surface area contributed by atoms with Crippen LogP contribution >= 0.6 is 12.2 Å². The number of aromatic amines is 1. The Balaban J connectivity index is 1.74. The standard InChI is InChI=1S/C20H18N4O2S/c1-26-14-8-6-12(7-9-14)17-11-18(24(23-17)20(21)27)15-10-13-4-2-3-5-16(13)22-19(15)25/h2-10,18H,11H2,1H3,(H2,21,27)(H,22,25). The van der Waals surface area contributed by atoms with Crippen molar-refractivity contribution in [2.75, 3.05) is 7.11 Å². The van der Waals surface area contributed by atoms with Gasteiger partial charge in [0.1, 0.15) is 5.75 Å². The molecule has 1 unspecified atom stereocenters. The van der Waals surface area contributed by atoms with E-state index in [9.17, 15) is 4.79 Å². The average Bonchev–Trinajstić information content (AvgIpc) is 3.13. The molecule has 0 saturated carbocycles. The number of fused-ring (bicyclic) bond motifs is 1. The molecule has 0 saturated heterocycles. The van der Waals surface area contributed by atoms with Gasteiger partial charge in [-0.15, -0.1) is 0 Å². The van der Waals surface area contributed by atoms with E-state index in [1.165, 1.54) is 0 Å². The Morgan fingerprint density at radius 2 is 2.00 bits per heavy atom. The van der Waals surface area contributed by atoms with Gasteiger partial charge in [0.15, 0.2) is 5.11 Å². The molecule has 3 aromatic rings. The molecule has 2 heterocycles. The minimum atomic E-state index is -0.340. The number of hydrazone groups is 1. The van der Waals surface area contributed by atoms with Crippen LogP contribution in [0.1, 0.15) is 23.6 Å². The maximum Gasteiger partial charge on any atom is 0.253 e. The molecule has 1 atom stereocenters. The number of para-hydroxylation sites is 1. The Morgan fingerprint density at radius 3 is 2.70 bits per heavy atom. The number of aromatic nitrogens is 1. The topological polar surface area (TPSA) is 83.7 Å². The predicted molar refractivity (Wildman–Crippen MR) is 110 cm³/mol. The maximum atomic E-state index is 12.7. The fourth-order valence-electron chi connectivity index (χ4n) is 3.33. The molecule has 0 spiro atoms. The first-order chi connectivity index (χ1) is 13.1. The van der Waals surface area contributed by atoms with Gasteiger partial charge < -0.3 is 15.5 Å². The highest BCUT2D eigenvalue weighted by molar-refractivity contribution is 7.80. The number of benzene rings is 2. The number of nitrogens with zero attached hydrogens (tertiary/aromatic N) is 2. The van der Waals surface area contributed by atoms with Crippen molar-refractivity contribution in [2.45, 2.75) is 12.5 Å². The summed E-state index contributed by atoms with van der Waals surface area (Å²) in [7, 11) is 1.62. The fraction of sp³-hybridized carbons (Fsp3) is 0.150. The molecule has 3 N–H and O–H groups in total. The molecular formula is C20H18N4O2S.